The molecule has 0 fully saturated rings. The Balaban J connectivity index is 4.10. The van der Waals surface area contributed by atoms with Crippen molar-refractivity contribution in [2.24, 2.45) is 0 Å². The topological polar surface area (TPSA) is 46.6 Å². The summed E-state index contributed by atoms with van der Waals surface area (Å²) >= 11 is 0. The molecule has 0 aliphatic carbocycles. The van der Waals surface area contributed by atoms with Crippen molar-refractivity contribution in [1.82, 2.24) is 4.90 Å². The first-order valence-corrected chi connectivity index (χ1v) is 4.86. The Morgan fingerprint density at radius 1 is 1.43 bits per heavy atom. The number of rotatable bonds is 5. The monoisotopic (exact) mass is 201 g/mol. The van der Waals surface area contributed by atoms with Crippen LogP contribution in [0.2, 0.25) is 0 Å². The van der Waals surface area contributed by atoms with Gasteiger partial charge < -0.3 is 9.64 Å². The van der Waals surface area contributed by atoms with Gasteiger partial charge in [-0.3, -0.25) is 9.59 Å². The van der Waals surface area contributed by atoms with Crippen molar-refractivity contribution in [3.05, 3.63) is 0 Å². The van der Waals surface area contributed by atoms with Crippen LogP contribution in [0.3, 0.4) is 0 Å². The van der Waals surface area contributed by atoms with Crippen LogP contribution in [0.1, 0.15) is 33.6 Å². The average molecular weight is 201 g/mol. The summed E-state index contributed by atoms with van der Waals surface area (Å²) in [5.74, 6) is -0.275. The summed E-state index contributed by atoms with van der Waals surface area (Å²) in [6.07, 6.45) is 1.15. The molecule has 0 spiro atoms. The molecule has 1 amide bonds. The minimum absolute atomic E-state index is 0.00301. The molecule has 1 atom stereocenters. The highest BCUT2D eigenvalue weighted by molar-refractivity contribution is 5.75. The van der Waals surface area contributed by atoms with Crippen molar-refractivity contribution in [2.75, 3.05) is 13.7 Å². The van der Waals surface area contributed by atoms with Gasteiger partial charge in [-0.25, -0.2) is 0 Å². The van der Waals surface area contributed by atoms with Crippen LogP contribution in [0.4, 0.5) is 0 Å². The molecule has 0 saturated heterocycles. The molecule has 0 aromatic heterocycles. The lowest BCUT2D eigenvalue weighted by Gasteiger charge is -2.26. The third-order valence-corrected chi connectivity index (χ3v) is 2.31. The molecule has 0 aromatic carbocycles. The summed E-state index contributed by atoms with van der Waals surface area (Å²) in [6, 6.07) is 0.178. The summed E-state index contributed by atoms with van der Waals surface area (Å²) in [5.41, 5.74) is 0. The van der Waals surface area contributed by atoms with Gasteiger partial charge in [-0.05, 0) is 13.3 Å². The fourth-order valence-corrected chi connectivity index (χ4v) is 1.22. The van der Waals surface area contributed by atoms with Crippen LogP contribution in [0.25, 0.3) is 0 Å². The smallest absolute Gasteiger partial charge is 0.307 e. The lowest BCUT2D eigenvalue weighted by atomic mass is 10.2. The summed E-state index contributed by atoms with van der Waals surface area (Å²) in [4.78, 5) is 23.8. The molecule has 0 saturated carbocycles. The van der Waals surface area contributed by atoms with Crippen LogP contribution >= 0.6 is 0 Å². The zero-order valence-electron chi connectivity index (χ0n) is 9.37. The predicted molar refractivity (Wildman–Crippen MR) is 53.8 cm³/mol. The van der Waals surface area contributed by atoms with E-state index in [1.54, 1.807) is 4.90 Å². The van der Waals surface area contributed by atoms with E-state index in [0.717, 1.165) is 6.42 Å². The van der Waals surface area contributed by atoms with E-state index >= 15 is 0 Å². The number of esters is 1. The number of ether oxygens (including phenoxy) is 1. The first-order chi connectivity index (χ1) is 6.52. The Morgan fingerprint density at radius 2 is 2.00 bits per heavy atom. The van der Waals surface area contributed by atoms with E-state index in [4.69, 9.17) is 0 Å². The van der Waals surface area contributed by atoms with Gasteiger partial charge >= 0.3 is 5.97 Å². The van der Waals surface area contributed by atoms with Gasteiger partial charge in [0.1, 0.15) is 0 Å². The van der Waals surface area contributed by atoms with Gasteiger partial charge in [0.25, 0.3) is 0 Å². The number of carbonyl (C=O) groups is 2. The second kappa shape index (κ2) is 6.40. The minimum atomic E-state index is -0.278. The zero-order valence-corrected chi connectivity index (χ0v) is 9.37. The molecule has 0 radical (unpaired) electrons. The van der Waals surface area contributed by atoms with E-state index in [-0.39, 0.29) is 24.3 Å². The lowest BCUT2D eigenvalue weighted by molar-refractivity contribution is -0.142. The molecular weight excluding hydrogens is 182 g/mol. The van der Waals surface area contributed by atoms with Gasteiger partial charge in [0, 0.05) is 19.5 Å². The van der Waals surface area contributed by atoms with Gasteiger partial charge in [-0.2, -0.15) is 0 Å². The molecule has 4 heteroatoms. The second-order valence-electron chi connectivity index (χ2n) is 3.30. The highest BCUT2D eigenvalue weighted by atomic mass is 16.5. The van der Waals surface area contributed by atoms with Crippen LogP contribution in [-0.2, 0) is 14.3 Å². The third kappa shape index (κ3) is 4.25. The fraction of sp³-hybridized carbons (Fsp3) is 0.800. The van der Waals surface area contributed by atoms with Crippen LogP contribution < -0.4 is 0 Å². The van der Waals surface area contributed by atoms with Crippen molar-refractivity contribution in [1.29, 1.82) is 0 Å². The number of hydrogen-bond donors (Lipinski definition) is 0. The van der Waals surface area contributed by atoms with Crippen molar-refractivity contribution in [3.8, 4) is 0 Å². The summed E-state index contributed by atoms with van der Waals surface area (Å²) in [6.45, 7) is 5.94. The van der Waals surface area contributed by atoms with Crippen molar-refractivity contribution < 1.29 is 14.3 Å². The Labute approximate surface area is 85.2 Å². The number of hydrogen-bond acceptors (Lipinski definition) is 3. The maximum absolute atomic E-state index is 11.2. The second-order valence-corrected chi connectivity index (χ2v) is 3.30. The molecule has 82 valence electrons. The highest BCUT2D eigenvalue weighted by Gasteiger charge is 2.16. The Kier molecular flexibility index (Phi) is 5.92. The normalized spacial score (nSPS) is 12.0. The van der Waals surface area contributed by atoms with Crippen molar-refractivity contribution in [2.45, 2.75) is 39.7 Å². The third-order valence-electron chi connectivity index (χ3n) is 2.31. The van der Waals surface area contributed by atoms with Gasteiger partial charge in [-0.1, -0.05) is 6.92 Å². The van der Waals surface area contributed by atoms with E-state index in [0.29, 0.717) is 6.54 Å². The van der Waals surface area contributed by atoms with Crippen molar-refractivity contribution in [3.63, 3.8) is 0 Å². The molecule has 4 nitrogen and oxygen atoms in total. The molecule has 14 heavy (non-hydrogen) atoms. The SMILES string of the molecule is CCC(C)N(CCC(=O)OC)C(C)=O. The Morgan fingerprint density at radius 3 is 2.36 bits per heavy atom. The number of carbonyl (C=O) groups excluding carboxylic acids is 2. The van der Waals surface area contributed by atoms with E-state index in [1.807, 2.05) is 13.8 Å². The first-order valence-electron chi connectivity index (χ1n) is 4.86. The summed E-state index contributed by atoms with van der Waals surface area (Å²) in [5, 5.41) is 0. The number of nitrogens with zero attached hydrogens (tertiary/aromatic N) is 1. The molecule has 0 heterocycles. The molecule has 0 bridgehead atoms. The average Bonchev–Trinajstić information content (AvgIpc) is 2.16. The summed E-state index contributed by atoms with van der Waals surface area (Å²) < 4.78 is 4.52. The maximum Gasteiger partial charge on any atom is 0.307 e. The molecular formula is C10H19NO3. The Hall–Kier alpha value is -1.06. The van der Waals surface area contributed by atoms with Gasteiger partial charge in [0.2, 0.25) is 5.91 Å². The van der Waals surface area contributed by atoms with Gasteiger partial charge in [0.15, 0.2) is 0 Å². The van der Waals surface area contributed by atoms with Crippen LogP contribution in [-0.4, -0.2) is 36.5 Å². The predicted octanol–water partition coefficient (Wildman–Crippen LogP) is 1.20. The fourth-order valence-electron chi connectivity index (χ4n) is 1.22. The molecule has 1 unspecified atom stereocenters. The maximum atomic E-state index is 11.2. The molecule has 0 aromatic rings. The minimum Gasteiger partial charge on any atom is -0.469 e. The van der Waals surface area contributed by atoms with E-state index in [9.17, 15) is 9.59 Å². The molecule has 0 aliphatic heterocycles. The summed E-state index contributed by atoms with van der Waals surface area (Å²) in [7, 11) is 1.35. The van der Waals surface area contributed by atoms with Crippen LogP contribution in [0.5, 0.6) is 0 Å². The van der Waals surface area contributed by atoms with Crippen LogP contribution in [0.15, 0.2) is 0 Å². The molecule has 0 aliphatic rings. The van der Waals surface area contributed by atoms with Crippen LogP contribution in [0, 0.1) is 0 Å². The van der Waals surface area contributed by atoms with Gasteiger partial charge in [0.05, 0.1) is 13.5 Å². The highest BCUT2D eigenvalue weighted by Crippen LogP contribution is 2.05. The van der Waals surface area contributed by atoms with E-state index < -0.39 is 0 Å². The standard InChI is InChI=1S/C10H19NO3/c1-5-8(2)11(9(3)12)7-6-10(13)14-4/h8H,5-7H2,1-4H3. The first kappa shape index (κ1) is 12.9. The van der Waals surface area contributed by atoms with Gasteiger partial charge in [-0.15, -0.1) is 0 Å². The van der Waals surface area contributed by atoms with E-state index in [1.165, 1.54) is 14.0 Å². The largest absolute Gasteiger partial charge is 0.469 e. The molecule has 0 rings (SSSR count). The number of amides is 1. The lowest BCUT2D eigenvalue weighted by Crippen LogP contribution is -2.38. The van der Waals surface area contributed by atoms with Crippen molar-refractivity contribution >= 4 is 11.9 Å². The quantitative estimate of drug-likeness (QED) is 0.628. The molecule has 0 N–H and O–H groups in total. The zero-order chi connectivity index (χ0) is 11.1. The Bertz CT molecular complexity index is 204. The number of methoxy groups -OCH3 is 1. The van der Waals surface area contributed by atoms with E-state index in [2.05, 4.69) is 4.74 Å².